The van der Waals surface area contributed by atoms with E-state index in [0.29, 0.717) is 19.3 Å². The quantitative estimate of drug-likeness (QED) is 0.605. The third kappa shape index (κ3) is 3.20. The summed E-state index contributed by atoms with van der Waals surface area (Å²) in [6.07, 6.45) is 1.72. The fourth-order valence-electron chi connectivity index (χ4n) is 1.36. The van der Waals surface area contributed by atoms with Crippen LogP contribution in [0.4, 0.5) is 0 Å². The maximum Gasteiger partial charge on any atom is 0.326 e. The molecule has 1 aliphatic carbocycles. The van der Waals surface area contributed by atoms with Gasteiger partial charge in [-0.05, 0) is 25.2 Å². The molecule has 1 unspecified atom stereocenters. The van der Waals surface area contributed by atoms with Gasteiger partial charge in [0.15, 0.2) is 0 Å². The molecule has 0 radical (unpaired) electrons. The second kappa shape index (κ2) is 4.18. The highest BCUT2D eigenvalue weighted by Gasteiger charge is 2.46. The summed E-state index contributed by atoms with van der Waals surface area (Å²) >= 11 is 0. The van der Waals surface area contributed by atoms with Crippen molar-refractivity contribution >= 4 is 11.9 Å². The first-order valence-electron chi connectivity index (χ1n) is 5.18. The first-order chi connectivity index (χ1) is 6.85. The van der Waals surface area contributed by atoms with Crippen molar-refractivity contribution in [3.63, 3.8) is 0 Å². The van der Waals surface area contributed by atoms with Crippen LogP contribution in [0.15, 0.2) is 0 Å². The third-order valence-corrected chi connectivity index (χ3v) is 2.55. The van der Waals surface area contributed by atoms with Crippen molar-refractivity contribution in [1.82, 2.24) is 5.32 Å². The molecule has 1 saturated carbocycles. The lowest BCUT2D eigenvalue weighted by atomic mass is 10.0. The van der Waals surface area contributed by atoms with Gasteiger partial charge in [-0.15, -0.1) is 0 Å². The van der Waals surface area contributed by atoms with Crippen LogP contribution in [-0.2, 0) is 9.59 Å². The minimum atomic E-state index is -0.999. The molecule has 1 rings (SSSR count). The largest absolute Gasteiger partial charge is 0.480 e. The normalized spacial score (nSPS) is 19.7. The Kier molecular flexibility index (Phi) is 3.34. The number of carbonyl (C=O) groups is 2. The van der Waals surface area contributed by atoms with E-state index in [-0.39, 0.29) is 11.8 Å². The molecular weight excluding hydrogens is 196 g/mol. The fraction of sp³-hybridized carbons (Fsp3) is 0.800. The number of aliphatic carboxylic acids is 1. The van der Waals surface area contributed by atoms with Gasteiger partial charge in [-0.1, -0.05) is 13.8 Å². The number of carboxylic acids is 1. The maximum atomic E-state index is 11.5. The molecule has 1 amide bonds. The van der Waals surface area contributed by atoms with E-state index in [1.54, 1.807) is 0 Å². The summed E-state index contributed by atoms with van der Waals surface area (Å²) in [5, 5.41) is 11.4. The minimum absolute atomic E-state index is 0.222. The number of carboxylic acid groups (broad SMARTS) is 1. The second-order valence-corrected chi connectivity index (χ2v) is 4.65. The van der Waals surface area contributed by atoms with Crippen LogP contribution < -0.4 is 11.1 Å². The molecule has 0 spiro atoms. The summed E-state index contributed by atoms with van der Waals surface area (Å²) in [7, 11) is 0. The summed E-state index contributed by atoms with van der Waals surface area (Å²) in [6.45, 7) is 3.83. The molecule has 15 heavy (non-hydrogen) atoms. The van der Waals surface area contributed by atoms with Gasteiger partial charge >= 0.3 is 5.97 Å². The van der Waals surface area contributed by atoms with Gasteiger partial charge in [-0.3, -0.25) is 4.79 Å². The van der Waals surface area contributed by atoms with E-state index >= 15 is 0 Å². The molecule has 0 aromatic heterocycles. The van der Waals surface area contributed by atoms with Crippen LogP contribution in [0.3, 0.4) is 0 Å². The summed E-state index contributed by atoms with van der Waals surface area (Å²) < 4.78 is 0. The number of nitrogens with one attached hydrogen (secondary N) is 1. The van der Waals surface area contributed by atoms with Gasteiger partial charge in [0, 0.05) is 0 Å². The SMILES string of the molecule is CC(C)CC(NC(=O)C1(N)CC1)C(=O)O. The Balaban J connectivity index is 2.51. The Morgan fingerprint density at radius 3 is 2.33 bits per heavy atom. The zero-order valence-electron chi connectivity index (χ0n) is 9.12. The average Bonchev–Trinajstić information content (AvgIpc) is 2.82. The van der Waals surface area contributed by atoms with Crippen LogP contribution in [0.25, 0.3) is 0 Å². The Morgan fingerprint density at radius 1 is 1.47 bits per heavy atom. The van der Waals surface area contributed by atoms with Gasteiger partial charge in [0.2, 0.25) is 5.91 Å². The number of amides is 1. The minimum Gasteiger partial charge on any atom is -0.480 e. The summed E-state index contributed by atoms with van der Waals surface area (Å²) in [5.74, 6) is -1.11. The van der Waals surface area contributed by atoms with Crippen molar-refractivity contribution in [3.05, 3.63) is 0 Å². The van der Waals surface area contributed by atoms with Gasteiger partial charge in [-0.25, -0.2) is 4.79 Å². The number of hydrogen-bond donors (Lipinski definition) is 3. The molecule has 1 aliphatic rings. The number of rotatable bonds is 5. The Hall–Kier alpha value is -1.10. The predicted octanol–water partition coefficient (Wildman–Crippen LogP) is 0.0932. The zero-order chi connectivity index (χ0) is 11.6. The summed E-state index contributed by atoms with van der Waals surface area (Å²) in [6, 6.07) is -0.821. The molecule has 0 aliphatic heterocycles. The molecule has 4 N–H and O–H groups in total. The van der Waals surface area contributed by atoms with Gasteiger partial charge < -0.3 is 16.2 Å². The third-order valence-electron chi connectivity index (χ3n) is 2.55. The van der Waals surface area contributed by atoms with Crippen molar-refractivity contribution < 1.29 is 14.7 Å². The van der Waals surface area contributed by atoms with E-state index in [1.165, 1.54) is 0 Å². The standard InChI is InChI=1S/C10H18N2O3/c1-6(2)5-7(8(13)14)12-9(15)10(11)3-4-10/h6-7H,3-5,11H2,1-2H3,(H,12,15)(H,13,14). The van der Waals surface area contributed by atoms with E-state index in [4.69, 9.17) is 10.8 Å². The van der Waals surface area contributed by atoms with Crippen molar-refractivity contribution in [1.29, 1.82) is 0 Å². The van der Waals surface area contributed by atoms with E-state index in [0.717, 1.165) is 0 Å². The topological polar surface area (TPSA) is 92.4 Å². The summed E-state index contributed by atoms with van der Waals surface area (Å²) in [4.78, 5) is 22.4. The zero-order valence-corrected chi connectivity index (χ0v) is 9.12. The smallest absolute Gasteiger partial charge is 0.326 e. The average molecular weight is 214 g/mol. The molecule has 1 fully saturated rings. The molecule has 0 aromatic rings. The first kappa shape index (κ1) is 12.0. The Morgan fingerprint density at radius 2 is 2.00 bits per heavy atom. The van der Waals surface area contributed by atoms with Crippen molar-refractivity contribution in [2.75, 3.05) is 0 Å². The van der Waals surface area contributed by atoms with Gasteiger partial charge in [-0.2, -0.15) is 0 Å². The number of hydrogen-bond acceptors (Lipinski definition) is 3. The maximum absolute atomic E-state index is 11.5. The summed E-state index contributed by atoms with van der Waals surface area (Å²) in [5.41, 5.74) is 4.86. The molecule has 1 atom stereocenters. The second-order valence-electron chi connectivity index (χ2n) is 4.65. The lowest BCUT2D eigenvalue weighted by Crippen LogP contribution is -2.50. The molecule has 5 nitrogen and oxygen atoms in total. The van der Waals surface area contributed by atoms with E-state index in [2.05, 4.69) is 5.32 Å². The highest BCUT2D eigenvalue weighted by molar-refractivity contribution is 5.92. The van der Waals surface area contributed by atoms with E-state index in [9.17, 15) is 9.59 Å². The van der Waals surface area contributed by atoms with Crippen LogP contribution in [-0.4, -0.2) is 28.6 Å². The van der Waals surface area contributed by atoms with Crippen LogP contribution in [0.2, 0.25) is 0 Å². The van der Waals surface area contributed by atoms with E-state index in [1.807, 2.05) is 13.8 Å². The molecular formula is C10H18N2O3. The van der Waals surface area contributed by atoms with Crippen molar-refractivity contribution in [2.45, 2.75) is 44.7 Å². The highest BCUT2D eigenvalue weighted by Crippen LogP contribution is 2.32. The van der Waals surface area contributed by atoms with E-state index < -0.39 is 17.6 Å². The monoisotopic (exact) mass is 214 g/mol. The lowest BCUT2D eigenvalue weighted by Gasteiger charge is -2.18. The highest BCUT2D eigenvalue weighted by atomic mass is 16.4. The lowest BCUT2D eigenvalue weighted by molar-refractivity contribution is -0.142. The van der Waals surface area contributed by atoms with Gasteiger partial charge in [0.1, 0.15) is 6.04 Å². The Labute approximate surface area is 89.0 Å². The van der Waals surface area contributed by atoms with Crippen LogP contribution in [0.5, 0.6) is 0 Å². The van der Waals surface area contributed by atoms with Crippen molar-refractivity contribution in [2.24, 2.45) is 11.7 Å². The number of carbonyl (C=O) groups excluding carboxylic acids is 1. The van der Waals surface area contributed by atoms with Crippen molar-refractivity contribution in [3.8, 4) is 0 Å². The van der Waals surface area contributed by atoms with Crippen LogP contribution in [0.1, 0.15) is 33.1 Å². The molecule has 0 heterocycles. The van der Waals surface area contributed by atoms with Gasteiger partial charge in [0.05, 0.1) is 5.54 Å². The molecule has 0 bridgehead atoms. The predicted molar refractivity (Wildman–Crippen MR) is 55.2 cm³/mol. The van der Waals surface area contributed by atoms with Gasteiger partial charge in [0.25, 0.3) is 0 Å². The first-order valence-corrected chi connectivity index (χ1v) is 5.18. The van der Waals surface area contributed by atoms with Crippen LogP contribution >= 0.6 is 0 Å². The Bertz CT molecular complexity index is 272. The van der Waals surface area contributed by atoms with Crippen LogP contribution in [0, 0.1) is 5.92 Å². The molecule has 86 valence electrons. The molecule has 0 saturated heterocycles. The fourth-order valence-corrected chi connectivity index (χ4v) is 1.36. The number of nitrogens with two attached hydrogens (primary N) is 1. The molecule has 0 aromatic carbocycles. The molecule has 5 heteroatoms.